The largest absolute Gasteiger partial charge is 0.493 e. The lowest BCUT2D eigenvalue weighted by atomic mass is 9.77. The number of carboxylic acids is 2. The Kier molecular flexibility index (Phi) is 9.16. The molecule has 2 N–H and O–H groups in total. The SMILES string of the molecule is COc1cc(Br)c(CC(CCc2ccc(OC(C)C)cc2)(C(=O)O)C(=O)O)cc1OC(C)C. The zero-order chi connectivity index (χ0) is 24.8. The molecule has 0 radical (unpaired) electrons. The van der Waals surface area contributed by atoms with Crippen molar-refractivity contribution in [2.75, 3.05) is 7.11 Å². The van der Waals surface area contributed by atoms with Crippen molar-refractivity contribution in [1.29, 1.82) is 0 Å². The first-order valence-electron chi connectivity index (χ1n) is 10.7. The van der Waals surface area contributed by atoms with Crippen molar-refractivity contribution in [3.63, 3.8) is 0 Å². The van der Waals surface area contributed by atoms with Gasteiger partial charge >= 0.3 is 11.9 Å². The highest BCUT2D eigenvalue weighted by Crippen LogP contribution is 2.39. The third-order valence-electron chi connectivity index (χ3n) is 5.14. The fraction of sp³-hybridized carbons (Fsp3) is 0.440. The van der Waals surface area contributed by atoms with E-state index >= 15 is 0 Å². The Morgan fingerprint density at radius 3 is 2.00 bits per heavy atom. The van der Waals surface area contributed by atoms with E-state index in [0.29, 0.717) is 27.3 Å². The van der Waals surface area contributed by atoms with E-state index < -0.39 is 17.4 Å². The van der Waals surface area contributed by atoms with E-state index in [1.807, 2.05) is 39.8 Å². The zero-order valence-electron chi connectivity index (χ0n) is 19.6. The van der Waals surface area contributed by atoms with Crippen LogP contribution >= 0.6 is 15.9 Å². The molecule has 2 aromatic carbocycles. The lowest BCUT2D eigenvalue weighted by molar-refractivity contribution is -0.165. The summed E-state index contributed by atoms with van der Waals surface area (Å²) in [6.45, 7) is 7.57. The minimum atomic E-state index is -2.01. The Morgan fingerprint density at radius 1 is 0.939 bits per heavy atom. The van der Waals surface area contributed by atoms with Crippen LogP contribution in [-0.2, 0) is 22.4 Å². The van der Waals surface area contributed by atoms with Crippen LogP contribution in [0.25, 0.3) is 0 Å². The van der Waals surface area contributed by atoms with Crippen molar-refractivity contribution in [2.45, 2.75) is 59.2 Å². The molecule has 180 valence electrons. The number of carbonyl (C=O) groups is 2. The van der Waals surface area contributed by atoms with Crippen molar-refractivity contribution >= 4 is 27.9 Å². The maximum absolute atomic E-state index is 12.3. The van der Waals surface area contributed by atoms with Crippen molar-refractivity contribution in [2.24, 2.45) is 5.41 Å². The third kappa shape index (κ3) is 6.87. The van der Waals surface area contributed by atoms with Crippen molar-refractivity contribution < 1.29 is 34.0 Å². The summed E-state index contributed by atoms with van der Waals surface area (Å²) in [4.78, 5) is 24.6. The number of halogens is 1. The fourth-order valence-electron chi connectivity index (χ4n) is 3.45. The summed E-state index contributed by atoms with van der Waals surface area (Å²) in [7, 11) is 1.50. The molecule has 0 saturated carbocycles. The lowest BCUT2D eigenvalue weighted by Crippen LogP contribution is -2.42. The van der Waals surface area contributed by atoms with E-state index in [-0.39, 0.29) is 31.5 Å². The number of carboxylic acid groups (broad SMARTS) is 2. The summed E-state index contributed by atoms with van der Waals surface area (Å²) in [5.74, 6) is -1.17. The normalized spacial score (nSPS) is 11.5. The number of aliphatic carboxylic acids is 2. The van der Waals surface area contributed by atoms with Crippen LogP contribution < -0.4 is 14.2 Å². The number of rotatable bonds is 12. The van der Waals surface area contributed by atoms with E-state index in [1.165, 1.54) is 7.11 Å². The van der Waals surface area contributed by atoms with E-state index in [4.69, 9.17) is 14.2 Å². The highest BCUT2D eigenvalue weighted by atomic mass is 79.9. The van der Waals surface area contributed by atoms with E-state index in [0.717, 1.165) is 5.56 Å². The van der Waals surface area contributed by atoms with Gasteiger partial charge in [-0.15, -0.1) is 0 Å². The lowest BCUT2D eigenvalue weighted by Gasteiger charge is -2.26. The molecule has 0 aromatic heterocycles. The summed E-state index contributed by atoms with van der Waals surface area (Å²) >= 11 is 3.43. The number of benzene rings is 2. The molecule has 0 atom stereocenters. The summed E-state index contributed by atoms with van der Waals surface area (Å²) in [5, 5.41) is 20.0. The quantitative estimate of drug-likeness (QED) is 0.361. The molecule has 0 heterocycles. The number of hydrogen-bond donors (Lipinski definition) is 2. The molecular weight excluding hydrogens is 492 g/mol. The van der Waals surface area contributed by atoms with Crippen LogP contribution in [0.3, 0.4) is 0 Å². The molecule has 0 spiro atoms. The molecule has 2 aromatic rings. The summed E-state index contributed by atoms with van der Waals surface area (Å²) < 4.78 is 17.3. The second-order valence-electron chi connectivity index (χ2n) is 8.44. The van der Waals surface area contributed by atoms with Gasteiger partial charge in [-0.25, -0.2) is 0 Å². The highest BCUT2D eigenvalue weighted by molar-refractivity contribution is 9.10. The second-order valence-corrected chi connectivity index (χ2v) is 9.30. The van der Waals surface area contributed by atoms with Gasteiger partial charge in [0, 0.05) is 10.9 Å². The van der Waals surface area contributed by atoms with Gasteiger partial charge in [0.1, 0.15) is 5.75 Å². The van der Waals surface area contributed by atoms with Crippen LogP contribution in [0.2, 0.25) is 0 Å². The van der Waals surface area contributed by atoms with Gasteiger partial charge in [-0.1, -0.05) is 28.1 Å². The number of aryl methyl sites for hydroxylation is 1. The van der Waals surface area contributed by atoms with Gasteiger partial charge in [0.2, 0.25) is 0 Å². The zero-order valence-corrected chi connectivity index (χ0v) is 21.1. The monoisotopic (exact) mass is 522 g/mol. The van der Waals surface area contributed by atoms with Gasteiger partial charge in [-0.05, 0) is 75.9 Å². The number of methoxy groups -OCH3 is 1. The van der Waals surface area contributed by atoms with Crippen LogP contribution in [0.15, 0.2) is 40.9 Å². The van der Waals surface area contributed by atoms with Crippen LogP contribution in [0.1, 0.15) is 45.2 Å². The first-order valence-corrected chi connectivity index (χ1v) is 11.5. The minimum absolute atomic E-state index is 0.0371. The summed E-state index contributed by atoms with van der Waals surface area (Å²) in [5.41, 5.74) is -0.674. The van der Waals surface area contributed by atoms with Gasteiger partial charge in [0.05, 0.1) is 19.3 Å². The van der Waals surface area contributed by atoms with Crippen molar-refractivity contribution in [3.8, 4) is 17.2 Å². The first-order chi connectivity index (χ1) is 15.5. The minimum Gasteiger partial charge on any atom is -0.493 e. The Bertz CT molecular complexity index is 953. The van der Waals surface area contributed by atoms with E-state index in [2.05, 4.69) is 15.9 Å². The van der Waals surface area contributed by atoms with Crippen molar-refractivity contribution in [1.82, 2.24) is 0 Å². The fourth-order valence-corrected chi connectivity index (χ4v) is 3.92. The molecular formula is C25H31BrO7. The third-order valence-corrected chi connectivity index (χ3v) is 5.88. The van der Waals surface area contributed by atoms with Crippen LogP contribution in [0.5, 0.6) is 17.2 Å². The Labute approximate surface area is 202 Å². The topological polar surface area (TPSA) is 102 Å². The molecule has 0 bridgehead atoms. The predicted molar refractivity (Wildman–Crippen MR) is 128 cm³/mol. The molecule has 0 aliphatic carbocycles. The average Bonchev–Trinajstić information content (AvgIpc) is 2.72. The molecule has 8 heteroatoms. The van der Waals surface area contributed by atoms with Crippen LogP contribution in [-0.4, -0.2) is 41.5 Å². The van der Waals surface area contributed by atoms with E-state index in [1.54, 1.807) is 24.3 Å². The maximum atomic E-state index is 12.3. The second kappa shape index (κ2) is 11.4. The Hall–Kier alpha value is -2.74. The molecule has 0 fully saturated rings. The molecule has 7 nitrogen and oxygen atoms in total. The van der Waals surface area contributed by atoms with Crippen LogP contribution in [0.4, 0.5) is 0 Å². The molecule has 0 amide bonds. The predicted octanol–water partition coefficient (Wildman–Crippen LogP) is 5.36. The molecule has 0 saturated heterocycles. The van der Waals surface area contributed by atoms with Crippen LogP contribution in [0, 0.1) is 5.41 Å². The smallest absolute Gasteiger partial charge is 0.321 e. The van der Waals surface area contributed by atoms with Gasteiger partial charge in [0.15, 0.2) is 16.9 Å². The Balaban J connectivity index is 2.34. The average molecular weight is 523 g/mol. The Morgan fingerprint density at radius 2 is 1.52 bits per heavy atom. The van der Waals surface area contributed by atoms with Crippen molar-refractivity contribution in [3.05, 3.63) is 52.0 Å². The molecule has 2 rings (SSSR count). The molecule has 0 unspecified atom stereocenters. The standard InChI is InChI=1S/C25H31BrO7/c1-15(2)32-19-8-6-17(7-9-19)10-11-25(23(27)28,24(29)30)14-18-12-22(33-16(3)4)21(31-5)13-20(18)26/h6-9,12-13,15-16H,10-11,14H2,1-5H3,(H,27,28)(H,29,30). The van der Waals surface area contributed by atoms with Gasteiger partial charge < -0.3 is 24.4 Å². The summed E-state index contributed by atoms with van der Waals surface area (Å²) in [6, 6.07) is 10.5. The molecule has 0 aliphatic rings. The van der Waals surface area contributed by atoms with Gasteiger partial charge in [-0.2, -0.15) is 0 Å². The summed E-state index contributed by atoms with van der Waals surface area (Å²) in [6.07, 6.45) is -0.121. The van der Waals surface area contributed by atoms with Gasteiger partial charge in [0.25, 0.3) is 0 Å². The first kappa shape index (κ1) is 26.5. The van der Waals surface area contributed by atoms with E-state index in [9.17, 15) is 19.8 Å². The molecule has 33 heavy (non-hydrogen) atoms. The molecule has 0 aliphatic heterocycles. The number of ether oxygens (including phenoxy) is 3. The van der Waals surface area contributed by atoms with Gasteiger partial charge in [-0.3, -0.25) is 9.59 Å². The number of hydrogen-bond acceptors (Lipinski definition) is 5. The highest BCUT2D eigenvalue weighted by Gasteiger charge is 2.46. The maximum Gasteiger partial charge on any atom is 0.321 e.